The molecule has 2 aromatic rings. The van der Waals surface area contributed by atoms with Gasteiger partial charge >= 0.3 is 0 Å². The van der Waals surface area contributed by atoms with E-state index >= 15 is 0 Å². The fourth-order valence-electron chi connectivity index (χ4n) is 2.57. The van der Waals surface area contributed by atoms with Crippen molar-refractivity contribution in [2.75, 3.05) is 20.2 Å². The molecule has 1 amide bonds. The van der Waals surface area contributed by atoms with Crippen LogP contribution in [-0.2, 0) is 0 Å². The van der Waals surface area contributed by atoms with Crippen molar-refractivity contribution in [3.8, 4) is 11.8 Å². The Morgan fingerprint density at radius 2 is 2.13 bits per heavy atom. The number of rotatable bonds is 4. The molecule has 2 aromatic heterocycles. The number of likely N-dealkylation sites (tertiary alicyclic amines) is 1. The molecule has 1 saturated heterocycles. The van der Waals surface area contributed by atoms with Crippen LogP contribution in [0.15, 0.2) is 36.5 Å². The molecule has 6 heteroatoms. The molecule has 3 heterocycles. The molecule has 6 nitrogen and oxygen atoms in total. The van der Waals surface area contributed by atoms with E-state index in [2.05, 4.69) is 9.97 Å². The number of hydrogen-bond acceptors (Lipinski definition) is 5. The molecular weight excluding hydrogens is 294 g/mol. The van der Waals surface area contributed by atoms with E-state index in [4.69, 9.17) is 9.47 Å². The van der Waals surface area contributed by atoms with E-state index < -0.39 is 0 Å². The Hall–Kier alpha value is -2.63. The smallest absolute Gasteiger partial charge is 0.255 e. The van der Waals surface area contributed by atoms with Crippen molar-refractivity contribution < 1.29 is 14.3 Å². The van der Waals surface area contributed by atoms with Gasteiger partial charge in [-0.05, 0) is 19.1 Å². The third-order valence-corrected chi connectivity index (χ3v) is 3.77. The number of amides is 1. The molecule has 120 valence electrons. The Morgan fingerprint density at radius 3 is 2.83 bits per heavy atom. The van der Waals surface area contributed by atoms with Crippen molar-refractivity contribution in [1.82, 2.24) is 14.9 Å². The van der Waals surface area contributed by atoms with Crippen LogP contribution in [0.3, 0.4) is 0 Å². The fourth-order valence-corrected chi connectivity index (χ4v) is 2.57. The minimum absolute atomic E-state index is 0.0283. The lowest BCUT2D eigenvalue weighted by Gasteiger charge is -2.17. The number of nitrogens with zero attached hydrogens (tertiary/aromatic N) is 3. The highest BCUT2D eigenvalue weighted by molar-refractivity contribution is 5.94. The number of ether oxygens (including phenoxy) is 2. The van der Waals surface area contributed by atoms with E-state index in [0.717, 1.165) is 12.1 Å². The summed E-state index contributed by atoms with van der Waals surface area (Å²) in [5, 5.41) is 0. The molecular formula is C17H19N3O3. The molecule has 1 aliphatic rings. The van der Waals surface area contributed by atoms with E-state index in [-0.39, 0.29) is 12.0 Å². The second-order valence-corrected chi connectivity index (χ2v) is 5.49. The van der Waals surface area contributed by atoms with Gasteiger partial charge in [-0.1, -0.05) is 6.07 Å². The first-order chi connectivity index (χ1) is 11.2. The van der Waals surface area contributed by atoms with Gasteiger partial charge in [-0.15, -0.1) is 0 Å². The van der Waals surface area contributed by atoms with E-state index in [9.17, 15) is 4.79 Å². The van der Waals surface area contributed by atoms with Gasteiger partial charge in [0.25, 0.3) is 5.91 Å². The van der Waals surface area contributed by atoms with Gasteiger partial charge in [0, 0.05) is 37.0 Å². The molecule has 1 aliphatic heterocycles. The Balaban J connectivity index is 1.61. The number of hydrogen-bond donors (Lipinski definition) is 0. The largest absolute Gasteiger partial charge is 0.481 e. The number of methoxy groups -OCH3 is 1. The van der Waals surface area contributed by atoms with Crippen molar-refractivity contribution >= 4 is 5.91 Å². The molecule has 23 heavy (non-hydrogen) atoms. The highest BCUT2D eigenvalue weighted by Crippen LogP contribution is 2.19. The summed E-state index contributed by atoms with van der Waals surface area (Å²) >= 11 is 0. The summed E-state index contributed by atoms with van der Waals surface area (Å²) in [6, 6.07) is 9.09. The lowest BCUT2D eigenvalue weighted by atomic mass is 10.2. The van der Waals surface area contributed by atoms with Crippen LogP contribution in [0.25, 0.3) is 0 Å². The van der Waals surface area contributed by atoms with Crippen LogP contribution in [0.2, 0.25) is 0 Å². The number of carbonyl (C=O) groups is 1. The minimum atomic E-state index is -0.0385. The Bertz CT molecular complexity index is 688. The summed E-state index contributed by atoms with van der Waals surface area (Å²) in [6.07, 6.45) is 2.31. The first-order valence-corrected chi connectivity index (χ1v) is 7.55. The summed E-state index contributed by atoms with van der Waals surface area (Å²) in [6.45, 7) is 3.15. The first-order valence-electron chi connectivity index (χ1n) is 7.55. The molecule has 0 radical (unpaired) electrons. The zero-order valence-corrected chi connectivity index (χ0v) is 13.2. The van der Waals surface area contributed by atoms with Crippen molar-refractivity contribution in [2.24, 2.45) is 0 Å². The highest BCUT2D eigenvalue weighted by atomic mass is 16.5. The minimum Gasteiger partial charge on any atom is -0.481 e. The first kappa shape index (κ1) is 15.3. The quantitative estimate of drug-likeness (QED) is 0.865. The van der Waals surface area contributed by atoms with Gasteiger partial charge in [0.1, 0.15) is 6.10 Å². The topological polar surface area (TPSA) is 64.5 Å². The van der Waals surface area contributed by atoms with Crippen LogP contribution in [0.5, 0.6) is 11.8 Å². The monoisotopic (exact) mass is 313 g/mol. The van der Waals surface area contributed by atoms with Gasteiger partial charge in [-0.2, -0.15) is 0 Å². The highest BCUT2D eigenvalue weighted by Gasteiger charge is 2.28. The van der Waals surface area contributed by atoms with Crippen molar-refractivity contribution in [3.63, 3.8) is 0 Å². The van der Waals surface area contributed by atoms with Crippen LogP contribution < -0.4 is 9.47 Å². The summed E-state index contributed by atoms with van der Waals surface area (Å²) in [7, 11) is 1.55. The average molecular weight is 313 g/mol. The third kappa shape index (κ3) is 3.59. The van der Waals surface area contributed by atoms with Crippen LogP contribution in [-0.4, -0.2) is 47.1 Å². The molecule has 0 bridgehead atoms. The van der Waals surface area contributed by atoms with E-state index in [0.29, 0.717) is 30.4 Å². The molecule has 0 spiro atoms. The normalized spacial score (nSPS) is 17.1. The summed E-state index contributed by atoms with van der Waals surface area (Å²) in [5.74, 6) is 1.06. The number of carbonyl (C=O) groups excluding carboxylic acids is 1. The zero-order valence-electron chi connectivity index (χ0n) is 13.2. The van der Waals surface area contributed by atoms with Crippen LogP contribution in [0.1, 0.15) is 22.5 Å². The lowest BCUT2D eigenvalue weighted by Crippen LogP contribution is -2.31. The van der Waals surface area contributed by atoms with Gasteiger partial charge in [0.2, 0.25) is 11.8 Å². The van der Waals surface area contributed by atoms with Crippen molar-refractivity contribution in [3.05, 3.63) is 47.8 Å². The molecule has 3 rings (SSSR count). The van der Waals surface area contributed by atoms with Crippen LogP contribution in [0.4, 0.5) is 0 Å². The lowest BCUT2D eigenvalue weighted by molar-refractivity contribution is 0.0770. The van der Waals surface area contributed by atoms with E-state index in [1.54, 1.807) is 24.1 Å². The number of aryl methyl sites for hydroxylation is 1. The Morgan fingerprint density at radius 1 is 1.26 bits per heavy atom. The van der Waals surface area contributed by atoms with Gasteiger partial charge < -0.3 is 14.4 Å². The zero-order chi connectivity index (χ0) is 16.2. The second-order valence-electron chi connectivity index (χ2n) is 5.49. The number of aromatic nitrogens is 2. The van der Waals surface area contributed by atoms with E-state index in [1.807, 2.05) is 25.1 Å². The second kappa shape index (κ2) is 6.64. The average Bonchev–Trinajstić information content (AvgIpc) is 3.03. The van der Waals surface area contributed by atoms with Gasteiger partial charge in [0.15, 0.2) is 0 Å². The Labute approximate surface area is 135 Å². The predicted molar refractivity (Wildman–Crippen MR) is 84.7 cm³/mol. The predicted octanol–water partition coefficient (Wildman–Crippen LogP) is 2.09. The summed E-state index contributed by atoms with van der Waals surface area (Å²) in [5.41, 5.74) is 1.47. The molecule has 0 N–H and O–H groups in total. The molecule has 1 atom stereocenters. The maximum Gasteiger partial charge on any atom is 0.255 e. The third-order valence-electron chi connectivity index (χ3n) is 3.77. The van der Waals surface area contributed by atoms with Gasteiger partial charge in [-0.25, -0.2) is 9.97 Å². The van der Waals surface area contributed by atoms with Gasteiger partial charge in [-0.3, -0.25) is 4.79 Å². The molecule has 0 aliphatic carbocycles. The maximum absolute atomic E-state index is 12.5. The SMILES string of the molecule is COc1ccc(C(=O)N2CCC(Oc3cccc(C)n3)C2)cn1. The van der Waals surface area contributed by atoms with E-state index in [1.165, 1.54) is 6.20 Å². The molecule has 0 aromatic carbocycles. The van der Waals surface area contributed by atoms with Crippen molar-refractivity contribution in [1.29, 1.82) is 0 Å². The maximum atomic E-state index is 12.5. The van der Waals surface area contributed by atoms with Crippen LogP contribution >= 0.6 is 0 Å². The molecule has 1 fully saturated rings. The van der Waals surface area contributed by atoms with Gasteiger partial charge in [0.05, 0.1) is 19.2 Å². The summed E-state index contributed by atoms with van der Waals surface area (Å²) in [4.78, 5) is 22.7. The molecule has 0 saturated carbocycles. The summed E-state index contributed by atoms with van der Waals surface area (Å²) < 4.78 is 10.9. The number of pyridine rings is 2. The fraction of sp³-hybridized carbons (Fsp3) is 0.353. The molecule has 1 unspecified atom stereocenters. The standard InChI is InChI=1S/C17H19N3O3/c1-12-4-3-5-16(19-12)23-14-8-9-20(11-14)17(21)13-6-7-15(22-2)18-10-13/h3-7,10,14H,8-9,11H2,1-2H3. The Kier molecular flexibility index (Phi) is 4.41. The van der Waals surface area contributed by atoms with Crippen LogP contribution in [0, 0.1) is 6.92 Å². The van der Waals surface area contributed by atoms with Crippen molar-refractivity contribution in [2.45, 2.75) is 19.4 Å².